The summed E-state index contributed by atoms with van der Waals surface area (Å²) in [6.45, 7) is 0. The molecule has 94 valence electrons. The molecule has 1 aromatic rings. The van der Waals surface area contributed by atoms with Crippen molar-refractivity contribution in [1.29, 1.82) is 0 Å². The average Bonchev–Trinajstić information content (AvgIpc) is 2.15. The number of carbonyl (C=O) groups excluding carboxylic acids is 1. The molecule has 0 bridgehead atoms. The number of alkyl halides is 5. The summed E-state index contributed by atoms with van der Waals surface area (Å²) in [5.41, 5.74) is -2.67. The Kier molecular flexibility index (Phi) is 3.59. The first-order chi connectivity index (χ1) is 7.76. The van der Waals surface area contributed by atoms with Crippen LogP contribution in [0.4, 0.5) is 26.3 Å². The summed E-state index contributed by atoms with van der Waals surface area (Å²) in [7, 11) is 0. The van der Waals surface area contributed by atoms with E-state index in [9.17, 15) is 31.1 Å². The lowest BCUT2D eigenvalue weighted by Crippen LogP contribution is -2.19. The third-order valence-corrected chi connectivity index (χ3v) is 1.60. The van der Waals surface area contributed by atoms with Crippen molar-refractivity contribution in [1.82, 2.24) is 4.98 Å². The van der Waals surface area contributed by atoms with Gasteiger partial charge in [-0.2, -0.15) is 0 Å². The summed E-state index contributed by atoms with van der Waals surface area (Å²) >= 11 is 0. The van der Waals surface area contributed by atoms with Gasteiger partial charge in [-0.1, -0.05) is 0 Å². The normalized spacial score (nSPS) is 11.7. The highest BCUT2D eigenvalue weighted by atomic mass is 19.4. The fourth-order valence-electron chi connectivity index (χ4n) is 0.968. The molecule has 0 aliphatic heterocycles. The Bertz CT molecular complexity index is 431. The molecule has 0 aliphatic rings. The van der Waals surface area contributed by atoms with Crippen LogP contribution in [0.25, 0.3) is 0 Å². The minimum absolute atomic E-state index is 0.210. The van der Waals surface area contributed by atoms with Crippen LogP contribution >= 0.6 is 0 Å². The predicted octanol–water partition coefficient (Wildman–Crippen LogP) is 2.87. The zero-order chi connectivity index (χ0) is 13.2. The maximum atomic E-state index is 13.1. The predicted molar refractivity (Wildman–Crippen MR) is 41.2 cm³/mol. The monoisotopic (exact) mass is 259 g/mol. The van der Waals surface area contributed by atoms with E-state index >= 15 is 0 Å². The molecule has 0 N–H and O–H groups in total. The Hall–Kier alpha value is -1.80. The minimum atomic E-state index is -5.18. The van der Waals surface area contributed by atoms with Gasteiger partial charge in [0.2, 0.25) is 0 Å². The highest BCUT2D eigenvalue weighted by Gasteiger charge is 2.34. The summed E-state index contributed by atoms with van der Waals surface area (Å²) in [5, 5.41) is 0. The molecule has 0 amide bonds. The van der Waals surface area contributed by atoms with Crippen LogP contribution in [0, 0.1) is 5.82 Å². The lowest BCUT2D eigenvalue weighted by atomic mass is 10.2. The number of rotatable bonds is 3. The number of halogens is 6. The number of aromatic nitrogens is 1. The number of aldehydes is 1. The van der Waals surface area contributed by atoms with Crippen LogP contribution in [-0.2, 0) is 0 Å². The molecular formula is C8H3F6NO2. The van der Waals surface area contributed by atoms with Gasteiger partial charge in [-0.3, -0.25) is 4.79 Å². The summed E-state index contributed by atoms with van der Waals surface area (Å²) < 4.78 is 76.1. The Morgan fingerprint density at radius 3 is 2.35 bits per heavy atom. The maximum Gasteiger partial charge on any atom is 0.573 e. The summed E-state index contributed by atoms with van der Waals surface area (Å²) in [4.78, 5) is 13.1. The van der Waals surface area contributed by atoms with Crippen LogP contribution in [-0.4, -0.2) is 17.6 Å². The van der Waals surface area contributed by atoms with Crippen LogP contribution in [0.3, 0.4) is 0 Å². The molecule has 0 aromatic carbocycles. The molecule has 1 aromatic heterocycles. The topological polar surface area (TPSA) is 39.2 Å². The molecule has 9 heteroatoms. The van der Waals surface area contributed by atoms with Gasteiger partial charge in [-0.15, -0.1) is 13.2 Å². The molecular weight excluding hydrogens is 256 g/mol. The second kappa shape index (κ2) is 4.60. The van der Waals surface area contributed by atoms with Gasteiger partial charge in [0.15, 0.2) is 17.9 Å². The third kappa shape index (κ3) is 3.08. The molecule has 17 heavy (non-hydrogen) atoms. The second-order valence-corrected chi connectivity index (χ2v) is 2.70. The van der Waals surface area contributed by atoms with Crippen molar-refractivity contribution in [3.05, 3.63) is 23.3 Å². The van der Waals surface area contributed by atoms with E-state index in [2.05, 4.69) is 9.72 Å². The van der Waals surface area contributed by atoms with Crippen LogP contribution < -0.4 is 4.74 Å². The van der Waals surface area contributed by atoms with Crippen molar-refractivity contribution in [2.75, 3.05) is 0 Å². The average molecular weight is 259 g/mol. The van der Waals surface area contributed by atoms with E-state index in [0.29, 0.717) is 0 Å². The van der Waals surface area contributed by atoms with Crippen molar-refractivity contribution >= 4 is 6.29 Å². The van der Waals surface area contributed by atoms with E-state index in [0.717, 1.165) is 0 Å². The van der Waals surface area contributed by atoms with Gasteiger partial charge in [0.05, 0.1) is 11.8 Å². The van der Waals surface area contributed by atoms with E-state index in [1.54, 1.807) is 0 Å². The smallest absolute Gasteiger partial charge is 0.403 e. The van der Waals surface area contributed by atoms with Crippen LogP contribution in [0.5, 0.6) is 5.75 Å². The zero-order valence-corrected chi connectivity index (χ0v) is 7.76. The number of carbonyl (C=O) groups is 1. The van der Waals surface area contributed by atoms with Crippen molar-refractivity contribution in [3.8, 4) is 5.75 Å². The number of nitrogens with zero attached hydrogens (tertiary/aromatic N) is 1. The Labute approximate surface area is 90.0 Å². The molecule has 0 unspecified atom stereocenters. The molecule has 1 rings (SSSR count). The van der Waals surface area contributed by atoms with E-state index in [-0.39, 0.29) is 12.5 Å². The Morgan fingerprint density at radius 1 is 1.35 bits per heavy atom. The fraction of sp³-hybridized carbons (Fsp3) is 0.250. The minimum Gasteiger partial charge on any atom is -0.403 e. The first-order valence-electron chi connectivity index (χ1n) is 3.93. The fourth-order valence-corrected chi connectivity index (χ4v) is 0.968. The number of ether oxygens (including phenoxy) is 1. The van der Waals surface area contributed by atoms with Gasteiger partial charge < -0.3 is 4.74 Å². The number of pyridine rings is 1. The van der Waals surface area contributed by atoms with Gasteiger partial charge in [0.25, 0.3) is 6.43 Å². The van der Waals surface area contributed by atoms with Gasteiger partial charge in [-0.25, -0.2) is 18.2 Å². The molecule has 0 saturated heterocycles. The second-order valence-electron chi connectivity index (χ2n) is 2.70. The molecule has 3 nitrogen and oxygen atoms in total. The molecule has 0 fully saturated rings. The van der Waals surface area contributed by atoms with Crippen LogP contribution in [0.15, 0.2) is 6.20 Å². The van der Waals surface area contributed by atoms with Crippen molar-refractivity contribution < 1.29 is 35.9 Å². The van der Waals surface area contributed by atoms with E-state index in [1.807, 2.05) is 0 Å². The molecule has 0 saturated carbocycles. The van der Waals surface area contributed by atoms with Crippen molar-refractivity contribution in [2.24, 2.45) is 0 Å². The first-order valence-corrected chi connectivity index (χ1v) is 3.93. The van der Waals surface area contributed by atoms with E-state index < -0.39 is 35.6 Å². The molecule has 0 spiro atoms. The Balaban J connectivity index is 3.26. The third-order valence-electron chi connectivity index (χ3n) is 1.60. The quantitative estimate of drug-likeness (QED) is 0.618. The molecule has 0 aliphatic carbocycles. The summed E-state index contributed by atoms with van der Waals surface area (Å²) in [5.74, 6) is -3.11. The van der Waals surface area contributed by atoms with Gasteiger partial charge in [-0.05, 0) is 0 Å². The van der Waals surface area contributed by atoms with Crippen molar-refractivity contribution in [2.45, 2.75) is 12.8 Å². The standard InChI is InChI=1S/C8H3F6NO2/c9-5-3(2-16)4(17-8(12,13)14)1-15-6(5)7(10)11/h1-2,7H. The van der Waals surface area contributed by atoms with Crippen molar-refractivity contribution in [3.63, 3.8) is 0 Å². The largest absolute Gasteiger partial charge is 0.573 e. The first kappa shape index (κ1) is 13.3. The number of hydrogen-bond donors (Lipinski definition) is 0. The highest BCUT2D eigenvalue weighted by molar-refractivity contribution is 5.79. The van der Waals surface area contributed by atoms with Crippen LogP contribution in [0.1, 0.15) is 22.5 Å². The van der Waals surface area contributed by atoms with Gasteiger partial charge >= 0.3 is 6.36 Å². The highest BCUT2D eigenvalue weighted by Crippen LogP contribution is 2.30. The molecule has 0 radical (unpaired) electrons. The maximum absolute atomic E-state index is 13.1. The molecule has 1 heterocycles. The SMILES string of the molecule is O=Cc1c(OC(F)(F)F)cnc(C(F)F)c1F. The van der Waals surface area contributed by atoms with E-state index in [4.69, 9.17) is 0 Å². The van der Waals surface area contributed by atoms with E-state index in [1.165, 1.54) is 0 Å². The zero-order valence-electron chi connectivity index (χ0n) is 7.76. The number of hydrogen-bond acceptors (Lipinski definition) is 3. The summed E-state index contributed by atoms with van der Waals surface area (Å²) in [6, 6.07) is 0. The van der Waals surface area contributed by atoms with Gasteiger partial charge in [0, 0.05) is 0 Å². The van der Waals surface area contributed by atoms with Gasteiger partial charge in [0.1, 0.15) is 5.69 Å². The molecule has 0 atom stereocenters. The lowest BCUT2D eigenvalue weighted by Gasteiger charge is -2.11. The lowest BCUT2D eigenvalue weighted by molar-refractivity contribution is -0.274. The van der Waals surface area contributed by atoms with Crippen LogP contribution in [0.2, 0.25) is 0 Å². The summed E-state index contributed by atoms with van der Waals surface area (Å²) in [6.07, 6.45) is -8.68. The Morgan fingerprint density at radius 2 is 1.94 bits per heavy atom.